The molecule has 0 radical (unpaired) electrons. The number of aliphatic hydroxyl groups excluding tert-OH is 1. The van der Waals surface area contributed by atoms with Crippen LogP contribution < -0.4 is 0 Å². The largest absolute Gasteiger partial charge is 0.390 e. The highest BCUT2D eigenvalue weighted by Crippen LogP contribution is 2.12. The van der Waals surface area contributed by atoms with E-state index in [1.54, 1.807) is 0 Å². The molecule has 1 saturated heterocycles. The molecule has 22 heavy (non-hydrogen) atoms. The van der Waals surface area contributed by atoms with Crippen molar-refractivity contribution in [3.05, 3.63) is 22.4 Å². The zero-order valence-electron chi connectivity index (χ0n) is 13.5. The molecule has 0 bridgehead atoms. The van der Waals surface area contributed by atoms with Crippen LogP contribution in [0.1, 0.15) is 42.3 Å². The summed E-state index contributed by atoms with van der Waals surface area (Å²) in [5.74, 6) is 0.207. The van der Waals surface area contributed by atoms with Crippen LogP contribution in [0.2, 0.25) is 0 Å². The van der Waals surface area contributed by atoms with Gasteiger partial charge in [0.1, 0.15) is 0 Å². The molecule has 1 atom stereocenters. The van der Waals surface area contributed by atoms with Crippen molar-refractivity contribution >= 4 is 17.1 Å². The highest BCUT2D eigenvalue weighted by Gasteiger charge is 2.17. The third-order valence-electron chi connectivity index (χ3n) is 4.28. The van der Waals surface area contributed by atoms with Gasteiger partial charge in [-0.15, -0.1) is 11.3 Å². The van der Waals surface area contributed by atoms with Crippen molar-refractivity contribution in [3.63, 3.8) is 0 Å². The maximum absolute atomic E-state index is 12.0. The van der Waals surface area contributed by atoms with Crippen LogP contribution in [-0.2, 0) is 0 Å². The van der Waals surface area contributed by atoms with Crippen molar-refractivity contribution in [3.8, 4) is 0 Å². The number of hydrogen-bond acceptors (Lipinski definition) is 5. The van der Waals surface area contributed by atoms with Crippen LogP contribution in [0.3, 0.4) is 0 Å². The Morgan fingerprint density at radius 1 is 1.41 bits per heavy atom. The summed E-state index contributed by atoms with van der Waals surface area (Å²) in [5, 5.41) is 12.2. The van der Waals surface area contributed by atoms with Gasteiger partial charge >= 0.3 is 0 Å². The smallest absolute Gasteiger partial charge is 0.174 e. The average Bonchev–Trinajstić information content (AvgIpc) is 3.06. The van der Waals surface area contributed by atoms with E-state index >= 15 is 0 Å². The maximum Gasteiger partial charge on any atom is 0.174 e. The molecule has 1 unspecified atom stereocenters. The Kier molecular flexibility index (Phi) is 7.52. The van der Waals surface area contributed by atoms with E-state index in [-0.39, 0.29) is 11.9 Å². The molecule has 1 aliphatic rings. The molecule has 0 aromatic carbocycles. The Morgan fingerprint density at radius 2 is 2.18 bits per heavy atom. The molecule has 0 aliphatic carbocycles. The molecule has 1 aromatic heterocycles. The molecule has 0 amide bonds. The first-order chi connectivity index (χ1) is 10.7. The number of carbonyl (C=O) groups is 1. The number of thiophene rings is 1. The molecule has 0 spiro atoms. The molecule has 0 saturated carbocycles. The van der Waals surface area contributed by atoms with Gasteiger partial charge in [-0.25, -0.2) is 0 Å². The van der Waals surface area contributed by atoms with Crippen molar-refractivity contribution in [1.29, 1.82) is 0 Å². The number of piperidine rings is 1. The van der Waals surface area contributed by atoms with Crippen molar-refractivity contribution in [2.45, 2.75) is 38.7 Å². The predicted octanol–water partition coefficient (Wildman–Crippen LogP) is 2.49. The average molecular weight is 324 g/mol. The summed E-state index contributed by atoms with van der Waals surface area (Å²) in [6.45, 7) is 7.32. The van der Waals surface area contributed by atoms with Gasteiger partial charge < -0.3 is 14.9 Å². The van der Waals surface area contributed by atoms with Gasteiger partial charge in [-0.1, -0.05) is 19.4 Å². The monoisotopic (exact) mass is 324 g/mol. The highest BCUT2D eigenvalue weighted by molar-refractivity contribution is 7.12. The molecule has 1 fully saturated rings. The van der Waals surface area contributed by atoms with E-state index in [2.05, 4.69) is 16.7 Å². The number of hydrogen-bond donors (Lipinski definition) is 1. The second-order valence-corrected chi connectivity index (χ2v) is 7.01. The number of rotatable bonds is 9. The molecular formula is C17H28N2O2S. The lowest BCUT2D eigenvalue weighted by Gasteiger charge is -2.30. The zero-order chi connectivity index (χ0) is 15.8. The van der Waals surface area contributed by atoms with Crippen molar-refractivity contribution in [2.24, 2.45) is 0 Å². The summed E-state index contributed by atoms with van der Waals surface area (Å²) >= 11 is 1.50. The van der Waals surface area contributed by atoms with Crippen molar-refractivity contribution in [2.75, 3.05) is 39.3 Å². The lowest BCUT2D eigenvalue weighted by molar-refractivity contribution is 0.0664. The fourth-order valence-electron chi connectivity index (χ4n) is 2.99. The number of carbonyl (C=O) groups excluding carboxylic acids is 1. The molecule has 1 aliphatic heterocycles. The van der Waals surface area contributed by atoms with E-state index in [4.69, 9.17) is 0 Å². The number of likely N-dealkylation sites (N-methyl/N-ethyl adjacent to an activating group) is 1. The third kappa shape index (κ3) is 5.80. The Morgan fingerprint density at radius 3 is 2.82 bits per heavy atom. The van der Waals surface area contributed by atoms with Crippen LogP contribution in [0.25, 0.3) is 0 Å². The summed E-state index contributed by atoms with van der Waals surface area (Å²) in [5.41, 5.74) is 0. The van der Waals surface area contributed by atoms with E-state index < -0.39 is 0 Å². The molecule has 1 aromatic rings. The Labute approximate surface area is 137 Å². The van der Waals surface area contributed by atoms with Gasteiger partial charge in [0.2, 0.25) is 0 Å². The first-order valence-corrected chi connectivity index (χ1v) is 9.26. The molecule has 1 N–H and O–H groups in total. The van der Waals surface area contributed by atoms with Gasteiger partial charge in [-0.3, -0.25) is 4.79 Å². The highest BCUT2D eigenvalue weighted by atomic mass is 32.1. The minimum absolute atomic E-state index is 0.207. The van der Waals surface area contributed by atoms with E-state index in [0.29, 0.717) is 13.0 Å². The van der Waals surface area contributed by atoms with Gasteiger partial charge in [0, 0.05) is 26.1 Å². The molecule has 5 heteroatoms. The lowest BCUT2D eigenvalue weighted by Crippen LogP contribution is -2.42. The zero-order valence-corrected chi connectivity index (χ0v) is 14.4. The summed E-state index contributed by atoms with van der Waals surface area (Å²) < 4.78 is 0. The topological polar surface area (TPSA) is 43.8 Å². The first-order valence-electron chi connectivity index (χ1n) is 8.38. The lowest BCUT2D eigenvalue weighted by atomic mass is 10.1. The third-order valence-corrected chi connectivity index (χ3v) is 5.20. The van der Waals surface area contributed by atoms with Crippen LogP contribution in [0.15, 0.2) is 17.5 Å². The maximum atomic E-state index is 12.0. The SMILES string of the molecule is CCN(CCC(=O)c1cccs1)CC(O)CN1CCCCC1. The van der Waals surface area contributed by atoms with E-state index in [0.717, 1.165) is 37.6 Å². The quantitative estimate of drug-likeness (QED) is 0.709. The second kappa shape index (κ2) is 9.40. The van der Waals surface area contributed by atoms with Crippen LogP contribution in [-0.4, -0.2) is 66.1 Å². The standard InChI is InChI=1S/C17H28N2O2S/c1-2-18(11-8-16(21)17-7-6-12-22-17)13-15(20)14-19-9-4-3-5-10-19/h6-7,12,15,20H,2-5,8-11,13-14H2,1H3. The van der Waals surface area contributed by atoms with E-state index in [1.807, 2.05) is 17.5 Å². The Hall–Kier alpha value is -0.750. The number of ketones is 1. The van der Waals surface area contributed by atoms with E-state index in [1.165, 1.54) is 30.6 Å². The summed E-state index contributed by atoms with van der Waals surface area (Å²) in [6.07, 6.45) is 4.03. The number of aliphatic hydroxyl groups is 1. The summed E-state index contributed by atoms with van der Waals surface area (Å²) in [6, 6.07) is 3.80. The normalized spacial score (nSPS) is 17.8. The van der Waals surface area contributed by atoms with Gasteiger partial charge in [-0.2, -0.15) is 0 Å². The number of Topliss-reactive ketones (excluding diaryl/α,β-unsaturated/α-hetero) is 1. The van der Waals surface area contributed by atoms with Gasteiger partial charge in [0.15, 0.2) is 5.78 Å². The Bertz CT molecular complexity index is 430. The van der Waals surface area contributed by atoms with Gasteiger partial charge in [0.25, 0.3) is 0 Å². The second-order valence-electron chi connectivity index (χ2n) is 6.06. The van der Waals surface area contributed by atoms with Crippen LogP contribution >= 0.6 is 11.3 Å². The summed E-state index contributed by atoms with van der Waals surface area (Å²) in [4.78, 5) is 17.4. The molecule has 4 nitrogen and oxygen atoms in total. The fourth-order valence-corrected chi connectivity index (χ4v) is 3.69. The first kappa shape index (κ1) is 17.6. The minimum atomic E-state index is -0.324. The minimum Gasteiger partial charge on any atom is -0.390 e. The van der Waals surface area contributed by atoms with Crippen molar-refractivity contribution < 1.29 is 9.90 Å². The molecule has 2 heterocycles. The van der Waals surface area contributed by atoms with Crippen LogP contribution in [0.4, 0.5) is 0 Å². The summed E-state index contributed by atoms with van der Waals surface area (Å²) in [7, 11) is 0. The van der Waals surface area contributed by atoms with E-state index in [9.17, 15) is 9.90 Å². The number of likely N-dealkylation sites (tertiary alicyclic amines) is 1. The van der Waals surface area contributed by atoms with Crippen molar-refractivity contribution in [1.82, 2.24) is 9.80 Å². The number of β-amino-alcohol motifs (C(OH)–C–C–N with tert-alkyl or cyclic N) is 1. The van der Waals surface area contributed by atoms with Gasteiger partial charge in [0.05, 0.1) is 11.0 Å². The fraction of sp³-hybridized carbons (Fsp3) is 0.706. The predicted molar refractivity (Wildman–Crippen MR) is 91.7 cm³/mol. The number of nitrogens with zero attached hydrogens (tertiary/aromatic N) is 2. The molecular weight excluding hydrogens is 296 g/mol. The van der Waals surface area contributed by atoms with Gasteiger partial charge in [-0.05, 0) is 43.9 Å². The molecule has 2 rings (SSSR count). The molecule has 124 valence electrons. The van der Waals surface area contributed by atoms with Crippen LogP contribution in [0.5, 0.6) is 0 Å². The van der Waals surface area contributed by atoms with Crippen LogP contribution in [0, 0.1) is 0 Å². The Balaban J connectivity index is 1.70.